The first-order valence-corrected chi connectivity index (χ1v) is 9.59. The van der Waals surface area contributed by atoms with Gasteiger partial charge in [0.2, 0.25) is 0 Å². The van der Waals surface area contributed by atoms with E-state index >= 15 is 0 Å². The van der Waals surface area contributed by atoms with Crippen LogP contribution in [-0.4, -0.2) is 25.8 Å². The Morgan fingerprint density at radius 2 is 1.48 bits per heavy atom. The number of aromatic nitrogens is 4. The van der Waals surface area contributed by atoms with E-state index in [4.69, 9.17) is 0 Å². The van der Waals surface area contributed by atoms with E-state index in [1.807, 2.05) is 18.2 Å². The van der Waals surface area contributed by atoms with Gasteiger partial charge in [-0.15, -0.1) is 0 Å². The Morgan fingerprint density at radius 3 is 2.12 bits per heavy atom. The Kier molecular flexibility index (Phi) is 6.11. The van der Waals surface area contributed by atoms with Crippen LogP contribution in [0, 0.1) is 0 Å². The van der Waals surface area contributed by atoms with Crippen LogP contribution in [0.1, 0.15) is 16.1 Å². The number of anilines is 5. The molecule has 4 rings (SSSR count). The van der Waals surface area contributed by atoms with E-state index < -0.39 is 17.8 Å². The van der Waals surface area contributed by atoms with Crippen LogP contribution in [-0.2, 0) is 6.18 Å². The van der Waals surface area contributed by atoms with E-state index in [9.17, 15) is 18.0 Å². The lowest BCUT2D eigenvalue weighted by Gasteiger charge is -2.10. The molecule has 8 nitrogen and oxygen atoms in total. The van der Waals surface area contributed by atoms with Crippen LogP contribution in [0.4, 0.5) is 42.0 Å². The molecule has 0 atom stereocenters. The molecule has 0 saturated carbocycles. The van der Waals surface area contributed by atoms with Gasteiger partial charge in [0, 0.05) is 29.8 Å². The Labute approximate surface area is 186 Å². The number of alkyl halides is 3. The summed E-state index contributed by atoms with van der Waals surface area (Å²) in [5.41, 5.74) is 0.119. The summed E-state index contributed by atoms with van der Waals surface area (Å²) >= 11 is 0. The summed E-state index contributed by atoms with van der Waals surface area (Å²) in [5, 5.41) is 8.81. The van der Waals surface area contributed by atoms with Gasteiger partial charge in [-0.3, -0.25) is 9.78 Å². The molecule has 0 aliphatic carbocycles. The van der Waals surface area contributed by atoms with Gasteiger partial charge in [-0.1, -0.05) is 6.07 Å². The van der Waals surface area contributed by atoms with Crippen molar-refractivity contribution in [1.82, 2.24) is 19.9 Å². The molecule has 3 N–H and O–H groups in total. The summed E-state index contributed by atoms with van der Waals surface area (Å²) < 4.78 is 37.8. The number of carbonyl (C=O) groups excluding carboxylic acids is 1. The first-order chi connectivity index (χ1) is 15.9. The third-order valence-electron chi connectivity index (χ3n) is 4.32. The van der Waals surface area contributed by atoms with Crippen molar-refractivity contribution in [3.63, 3.8) is 0 Å². The van der Waals surface area contributed by atoms with Gasteiger partial charge in [0.05, 0.1) is 5.56 Å². The fourth-order valence-electron chi connectivity index (χ4n) is 2.75. The maximum atomic E-state index is 12.6. The number of carbonyl (C=O) groups is 1. The normalized spacial score (nSPS) is 11.0. The van der Waals surface area contributed by atoms with Gasteiger partial charge < -0.3 is 16.0 Å². The van der Waals surface area contributed by atoms with Crippen LogP contribution in [0.5, 0.6) is 0 Å². The summed E-state index contributed by atoms with van der Waals surface area (Å²) in [6.45, 7) is 0. The molecule has 11 heteroatoms. The lowest BCUT2D eigenvalue weighted by molar-refractivity contribution is -0.141. The zero-order chi connectivity index (χ0) is 23.3. The third-order valence-corrected chi connectivity index (χ3v) is 4.32. The highest BCUT2D eigenvalue weighted by Crippen LogP contribution is 2.27. The lowest BCUT2D eigenvalue weighted by atomic mass is 10.2. The quantitative estimate of drug-likeness (QED) is 0.378. The number of nitrogens with one attached hydrogen (secondary N) is 3. The van der Waals surface area contributed by atoms with Gasteiger partial charge in [-0.25, -0.2) is 15.0 Å². The first-order valence-electron chi connectivity index (χ1n) is 9.59. The Bertz CT molecular complexity index is 1230. The zero-order valence-corrected chi connectivity index (χ0v) is 16.8. The second kappa shape index (κ2) is 9.30. The number of pyridine rings is 2. The highest BCUT2D eigenvalue weighted by molar-refractivity contribution is 6.04. The number of rotatable bonds is 6. The minimum absolute atomic E-state index is 0.0131. The van der Waals surface area contributed by atoms with Gasteiger partial charge in [-0.2, -0.15) is 13.2 Å². The van der Waals surface area contributed by atoms with Crippen molar-refractivity contribution in [1.29, 1.82) is 0 Å². The van der Waals surface area contributed by atoms with E-state index in [0.29, 0.717) is 28.8 Å². The van der Waals surface area contributed by atoms with E-state index in [0.717, 1.165) is 18.3 Å². The van der Waals surface area contributed by atoms with Crippen molar-refractivity contribution in [2.75, 3.05) is 16.0 Å². The number of benzene rings is 1. The largest absolute Gasteiger partial charge is 0.433 e. The van der Waals surface area contributed by atoms with E-state index in [2.05, 4.69) is 35.9 Å². The molecule has 33 heavy (non-hydrogen) atoms. The second-order valence-electron chi connectivity index (χ2n) is 6.71. The maximum absolute atomic E-state index is 12.6. The molecule has 0 aliphatic heterocycles. The summed E-state index contributed by atoms with van der Waals surface area (Å²) in [6, 6.07) is 15.7. The van der Waals surface area contributed by atoms with Gasteiger partial charge >= 0.3 is 6.18 Å². The van der Waals surface area contributed by atoms with E-state index in [-0.39, 0.29) is 5.56 Å². The predicted octanol–water partition coefficient (Wildman–Crippen LogP) is 5.02. The Hall–Kier alpha value is -4.54. The average molecular weight is 451 g/mol. The smallest absolute Gasteiger partial charge is 0.340 e. The molecule has 1 aromatic carbocycles. The molecule has 0 spiro atoms. The number of nitrogens with zero attached hydrogens (tertiary/aromatic N) is 4. The molecule has 1 amide bonds. The fourth-order valence-corrected chi connectivity index (χ4v) is 2.75. The van der Waals surface area contributed by atoms with Crippen LogP contribution in [0.2, 0.25) is 0 Å². The molecule has 0 fully saturated rings. The molecule has 0 bridgehead atoms. The Balaban J connectivity index is 1.37. The topological polar surface area (TPSA) is 105 Å². The molecule has 3 heterocycles. The fraction of sp³-hybridized carbons (Fsp3) is 0.0455. The van der Waals surface area contributed by atoms with E-state index in [1.165, 1.54) is 6.33 Å². The summed E-state index contributed by atoms with van der Waals surface area (Å²) in [6.07, 6.45) is -0.603. The summed E-state index contributed by atoms with van der Waals surface area (Å²) in [5.74, 6) is 1.17. The van der Waals surface area contributed by atoms with Gasteiger partial charge in [0.15, 0.2) is 0 Å². The van der Waals surface area contributed by atoms with Crippen molar-refractivity contribution in [3.8, 4) is 0 Å². The molecular weight excluding hydrogens is 435 g/mol. The minimum Gasteiger partial charge on any atom is -0.340 e. The number of amides is 1. The van der Waals surface area contributed by atoms with Gasteiger partial charge in [0.1, 0.15) is 29.5 Å². The average Bonchev–Trinajstić information content (AvgIpc) is 2.81. The molecular formula is C22H16F3N7O. The van der Waals surface area contributed by atoms with Crippen LogP contribution in [0.25, 0.3) is 0 Å². The van der Waals surface area contributed by atoms with Crippen molar-refractivity contribution in [2.24, 2.45) is 0 Å². The molecule has 0 aliphatic rings. The summed E-state index contributed by atoms with van der Waals surface area (Å²) in [7, 11) is 0. The highest BCUT2D eigenvalue weighted by atomic mass is 19.4. The minimum atomic E-state index is -4.56. The standard InChI is InChI=1S/C22H16F3N7O/c23-22(24,25)17-9-4-14(12-27-17)21(33)31-16-7-5-15(6-8-16)30-19-11-20(29-13-28-19)32-18-3-1-2-10-26-18/h1-13H,(H,31,33)(H2,26,28,29,30,32). The van der Waals surface area contributed by atoms with Crippen molar-refractivity contribution < 1.29 is 18.0 Å². The summed E-state index contributed by atoms with van der Waals surface area (Å²) in [4.78, 5) is 28.1. The van der Waals surface area contributed by atoms with Crippen LogP contribution >= 0.6 is 0 Å². The number of hydrogen-bond acceptors (Lipinski definition) is 7. The zero-order valence-electron chi connectivity index (χ0n) is 16.8. The second-order valence-corrected chi connectivity index (χ2v) is 6.71. The molecule has 0 saturated heterocycles. The molecule has 0 unspecified atom stereocenters. The molecule has 166 valence electrons. The van der Waals surface area contributed by atoms with Crippen LogP contribution < -0.4 is 16.0 Å². The third kappa shape index (κ3) is 5.79. The number of halogens is 3. The SMILES string of the molecule is O=C(Nc1ccc(Nc2cc(Nc3ccccn3)ncn2)cc1)c1ccc(C(F)(F)F)nc1. The number of hydrogen-bond donors (Lipinski definition) is 3. The van der Waals surface area contributed by atoms with E-state index in [1.54, 1.807) is 36.5 Å². The molecule has 3 aromatic heterocycles. The molecule has 4 aromatic rings. The monoisotopic (exact) mass is 451 g/mol. The van der Waals surface area contributed by atoms with Crippen molar-refractivity contribution in [2.45, 2.75) is 6.18 Å². The highest BCUT2D eigenvalue weighted by Gasteiger charge is 2.32. The first kappa shape index (κ1) is 21.7. The van der Waals surface area contributed by atoms with Gasteiger partial charge in [0.25, 0.3) is 5.91 Å². The maximum Gasteiger partial charge on any atom is 0.433 e. The Morgan fingerprint density at radius 1 is 0.758 bits per heavy atom. The predicted molar refractivity (Wildman–Crippen MR) is 116 cm³/mol. The van der Waals surface area contributed by atoms with Gasteiger partial charge in [-0.05, 0) is 48.5 Å². The van der Waals surface area contributed by atoms with Crippen molar-refractivity contribution in [3.05, 3.63) is 90.6 Å². The molecule has 0 radical (unpaired) electrons. The van der Waals surface area contributed by atoms with Crippen molar-refractivity contribution >= 4 is 34.7 Å². The van der Waals surface area contributed by atoms with Crippen LogP contribution in [0.3, 0.4) is 0 Å². The van der Waals surface area contributed by atoms with Crippen LogP contribution in [0.15, 0.2) is 79.4 Å². The lowest BCUT2D eigenvalue weighted by Crippen LogP contribution is -2.14.